The highest BCUT2D eigenvalue weighted by molar-refractivity contribution is 5.46. The van der Waals surface area contributed by atoms with Gasteiger partial charge in [-0.05, 0) is 6.42 Å². The lowest BCUT2D eigenvalue weighted by Gasteiger charge is -2.35. The molecule has 2 aromatic heterocycles. The summed E-state index contributed by atoms with van der Waals surface area (Å²) in [5, 5.41) is 0. The summed E-state index contributed by atoms with van der Waals surface area (Å²) in [7, 11) is 0. The van der Waals surface area contributed by atoms with Gasteiger partial charge in [0.2, 0.25) is 0 Å². The molecule has 1 aliphatic heterocycles. The Balaban J connectivity index is 1.67. The van der Waals surface area contributed by atoms with Crippen LogP contribution in [0.3, 0.4) is 0 Å². The van der Waals surface area contributed by atoms with Gasteiger partial charge in [-0.25, -0.2) is 15.0 Å². The number of aromatic nitrogens is 4. The zero-order chi connectivity index (χ0) is 14.7. The van der Waals surface area contributed by atoms with E-state index in [1.807, 2.05) is 0 Å². The molecule has 2 aromatic rings. The first-order valence-corrected chi connectivity index (χ1v) is 7.14. The van der Waals surface area contributed by atoms with E-state index in [0.717, 1.165) is 49.9 Å². The maximum Gasteiger partial charge on any atom is 0.149 e. The third-order valence-electron chi connectivity index (χ3n) is 3.64. The van der Waals surface area contributed by atoms with Crippen LogP contribution in [0.4, 0.5) is 17.5 Å². The SMILES string of the molecule is CCc1cc(N2CCN(c3cncc(N)n3)CC2)ncn1. The Hall–Kier alpha value is -2.44. The largest absolute Gasteiger partial charge is 0.382 e. The van der Waals surface area contributed by atoms with E-state index in [1.54, 1.807) is 18.7 Å². The van der Waals surface area contributed by atoms with E-state index in [1.165, 1.54) is 0 Å². The van der Waals surface area contributed by atoms with Crippen LogP contribution < -0.4 is 15.5 Å². The highest BCUT2D eigenvalue weighted by atomic mass is 15.3. The van der Waals surface area contributed by atoms with Gasteiger partial charge < -0.3 is 15.5 Å². The van der Waals surface area contributed by atoms with Gasteiger partial charge in [0.25, 0.3) is 0 Å². The van der Waals surface area contributed by atoms with Crippen LogP contribution in [0.2, 0.25) is 0 Å². The Morgan fingerprint density at radius 2 is 1.76 bits per heavy atom. The van der Waals surface area contributed by atoms with Gasteiger partial charge in [0, 0.05) is 37.9 Å². The molecule has 0 saturated carbocycles. The van der Waals surface area contributed by atoms with Crippen LogP contribution in [0.5, 0.6) is 0 Å². The molecule has 3 rings (SSSR count). The van der Waals surface area contributed by atoms with Crippen LogP contribution in [0.25, 0.3) is 0 Å². The van der Waals surface area contributed by atoms with Crippen molar-refractivity contribution in [3.8, 4) is 0 Å². The molecule has 3 heterocycles. The van der Waals surface area contributed by atoms with E-state index in [9.17, 15) is 0 Å². The topological polar surface area (TPSA) is 84.1 Å². The fraction of sp³-hybridized carbons (Fsp3) is 0.429. The second-order valence-corrected chi connectivity index (χ2v) is 5.00. The molecule has 1 saturated heterocycles. The van der Waals surface area contributed by atoms with E-state index < -0.39 is 0 Å². The number of hydrogen-bond acceptors (Lipinski definition) is 7. The normalized spacial score (nSPS) is 15.3. The summed E-state index contributed by atoms with van der Waals surface area (Å²) in [6.07, 6.45) is 5.89. The number of nitrogens with zero attached hydrogens (tertiary/aromatic N) is 6. The highest BCUT2D eigenvalue weighted by Gasteiger charge is 2.19. The number of nitrogen functional groups attached to an aromatic ring is 1. The molecule has 0 unspecified atom stereocenters. The van der Waals surface area contributed by atoms with Gasteiger partial charge in [-0.3, -0.25) is 4.98 Å². The molecule has 110 valence electrons. The summed E-state index contributed by atoms with van der Waals surface area (Å²) < 4.78 is 0. The smallest absolute Gasteiger partial charge is 0.149 e. The van der Waals surface area contributed by atoms with E-state index in [0.29, 0.717) is 5.82 Å². The number of nitrogens with two attached hydrogens (primary N) is 1. The molecule has 1 aliphatic rings. The molecule has 7 heteroatoms. The molecule has 1 fully saturated rings. The monoisotopic (exact) mass is 285 g/mol. The van der Waals surface area contributed by atoms with Gasteiger partial charge in [-0.2, -0.15) is 0 Å². The fourth-order valence-corrected chi connectivity index (χ4v) is 2.44. The van der Waals surface area contributed by atoms with Crippen LogP contribution in [-0.4, -0.2) is 46.1 Å². The zero-order valence-corrected chi connectivity index (χ0v) is 12.1. The Bertz CT molecular complexity index is 608. The van der Waals surface area contributed by atoms with Crippen LogP contribution in [-0.2, 0) is 6.42 Å². The lowest BCUT2D eigenvalue weighted by Crippen LogP contribution is -2.47. The van der Waals surface area contributed by atoms with Crippen LogP contribution >= 0.6 is 0 Å². The van der Waals surface area contributed by atoms with Gasteiger partial charge in [0.05, 0.1) is 12.4 Å². The van der Waals surface area contributed by atoms with Crippen molar-refractivity contribution in [2.45, 2.75) is 13.3 Å². The van der Waals surface area contributed by atoms with Crippen LogP contribution in [0, 0.1) is 0 Å². The van der Waals surface area contributed by atoms with E-state index >= 15 is 0 Å². The number of piperazine rings is 1. The van der Waals surface area contributed by atoms with Crippen molar-refractivity contribution in [2.24, 2.45) is 0 Å². The third-order valence-corrected chi connectivity index (χ3v) is 3.64. The molecular formula is C14H19N7. The van der Waals surface area contributed by atoms with Crippen molar-refractivity contribution in [1.29, 1.82) is 0 Å². The number of hydrogen-bond donors (Lipinski definition) is 1. The maximum absolute atomic E-state index is 5.69. The van der Waals surface area contributed by atoms with Crippen LogP contribution in [0.1, 0.15) is 12.6 Å². The fourth-order valence-electron chi connectivity index (χ4n) is 2.44. The summed E-state index contributed by atoms with van der Waals surface area (Å²) in [4.78, 5) is 21.5. The van der Waals surface area contributed by atoms with Gasteiger partial charge in [0.1, 0.15) is 23.8 Å². The minimum Gasteiger partial charge on any atom is -0.382 e. The van der Waals surface area contributed by atoms with E-state index in [2.05, 4.69) is 42.7 Å². The molecule has 21 heavy (non-hydrogen) atoms. The lowest BCUT2D eigenvalue weighted by molar-refractivity contribution is 0.639. The average molecular weight is 285 g/mol. The van der Waals surface area contributed by atoms with Gasteiger partial charge in [-0.1, -0.05) is 6.92 Å². The highest BCUT2D eigenvalue weighted by Crippen LogP contribution is 2.17. The molecule has 0 bridgehead atoms. The molecule has 0 atom stereocenters. The molecule has 2 N–H and O–H groups in total. The average Bonchev–Trinajstić information content (AvgIpc) is 2.55. The Morgan fingerprint density at radius 1 is 1.05 bits per heavy atom. The minimum atomic E-state index is 0.457. The number of rotatable bonds is 3. The van der Waals surface area contributed by atoms with Crippen molar-refractivity contribution in [1.82, 2.24) is 19.9 Å². The summed E-state index contributed by atoms with van der Waals surface area (Å²) in [5.41, 5.74) is 6.76. The molecule has 7 nitrogen and oxygen atoms in total. The quantitative estimate of drug-likeness (QED) is 0.890. The molecule has 0 spiro atoms. The standard InChI is InChI=1S/C14H19N7/c1-2-11-7-13(18-10-17-11)20-3-5-21(6-4-20)14-9-16-8-12(15)19-14/h7-10H,2-6H2,1H3,(H2,15,19). The summed E-state index contributed by atoms with van der Waals surface area (Å²) in [6.45, 7) is 5.66. The third kappa shape index (κ3) is 3.01. The van der Waals surface area contributed by atoms with Crippen molar-refractivity contribution in [3.63, 3.8) is 0 Å². The Morgan fingerprint density at radius 3 is 2.43 bits per heavy atom. The summed E-state index contributed by atoms with van der Waals surface area (Å²) in [5.74, 6) is 2.30. The molecule has 0 radical (unpaired) electrons. The summed E-state index contributed by atoms with van der Waals surface area (Å²) >= 11 is 0. The first-order chi connectivity index (χ1) is 10.3. The second kappa shape index (κ2) is 5.90. The van der Waals surface area contributed by atoms with Gasteiger partial charge in [0.15, 0.2) is 0 Å². The van der Waals surface area contributed by atoms with Crippen molar-refractivity contribution >= 4 is 17.5 Å². The zero-order valence-electron chi connectivity index (χ0n) is 12.1. The predicted molar refractivity (Wildman–Crippen MR) is 82.3 cm³/mol. The van der Waals surface area contributed by atoms with Gasteiger partial charge >= 0.3 is 0 Å². The van der Waals surface area contributed by atoms with Crippen LogP contribution in [0.15, 0.2) is 24.8 Å². The van der Waals surface area contributed by atoms with E-state index in [4.69, 9.17) is 5.73 Å². The maximum atomic E-state index is 5.69. The van der Waals surface area contributed by atoms with Crippen molar-refractivity contribution < 1.29 is 0 Å². The van der Waals surface area contributed by atoms with Gasteiger partial charge in [-0.15, -0.1) is 0 Å². The molecule has 0 aliphatic carbocycles. The van der Waals surface area contributed by atoms with Crippen molar-refractivity contribution in [2.75, 3.05) is 41.7 Å². The molecule has 0 aromatic carbocycles. The van der Waals surface area contributed by atoms with E-state index in [-0.39, 0.29) is 0 Å². The predicted octanol–water partition coefficient (Wildman–Crippen LogP) is 0.738. The minimum absolute atomic E-state index is 0.457. The van der Waals surface area contributed by atoms with Crippen molar-refractivity contribution in [3.05, 3.63) is 30.5 Å². The Kier molecular flexibility index (Phi) is 3.81. The second-order valence-electron chi connectivity index (χ2n) is 5.00. The number of aryl methyl sites for hydroxylation is 1. The summed E-state index contributed by atoms with van der Waals surface area (Å²) in [6, 6.07) is 2.07. The first kappa shape index (κ1) is 13.5. The lowest BCUT2D eigenvalue weighted by atomic mass is 10.2. The molecular weight excluding hydrogens is 266 g/mol. The number of anilines is 3. The molecule has 0 amide bonds. The Labute approximate surface area is 123 Å². The first-order valence-electron chi connectivity index (χ1n) is 7.14.